The molecular weight excluding hydrogens is 324 g/mol. The molecule has 1 saturated heterocycles. The van der Waals surface area contributed by atoms with Crippen molar-refractivity contribution in [1.29, 1.82) is 0 Å². The van der Waals surface area contributed by atoms with Crippen LogP contribution in [0.25, 0.3) is 0 Å². The standard InChI is InChI=1S/C18H27ClN4O/c1-13(2)17(24)23-11-9-16(12-23)22-18(20-3)21-10-8-14-4-6-15(19)7-5-14/h4-7,13,16H,8-12H2,1-3H3,(H2,20,21,22). The van der Waals surface area contributed by atoms with Gasteiger partial charge in [-0.25, -0.2) is 0 Å². The first-order valence-electron chi connectivity index (χ1n) is 8.50. The Morgan fingerprint density at radius 2 is 2.08 bits per heavy atom. The van der Waals surface area contributed by atoms with E-state index in [1.165, 1.54) is 5.56 Å². The summed E-state index contributed by atoms with van der Waals surface area (Å²) in [7, 11) is 1.77. The number of carbonyl (C=O) groups excluding carboxylic acids is 1. The van der Waals surface area contributed by atoms with Gasteiger partial charge in [0.25, 0.3) is 0 Å². The van der Waals surface area contributed by atoms with Gasteiger partial charge in [-0.2, -0.15) is 0 Å². The molecule has 1 aliphatic rings. The van der Waals surface area contributed by atoms with Crippen LogP contribution in [0.5, 0.6) is 0 Å². The largest absolute Gasteiger partial charge is 0.356 e. The lowest BCUT2D eigenvalue weighted by molar-refractivity contribution is -0.133. The molecule has 0 spiro atoms. The lowest BCUT2D eigenvalue weighted by atomic mass is 10.1. The van der Waals surface area contributed by atoms with Crippen molar-refractivity contribution in [3.05, 3.63) is 34.9 Å². The van der Waals surface area contributed by atoms with E-state index in [0.29, 0.717) is 0 Å². The first kappa shape index (κ1) is 18.6. The lowest BCUT2D eigenvalue weighted by Crippen LogP contribution is -2.45. The molecule has 0 bridgehead atoms. The van der Waals surface area contributed by atoms with Crippen molar-refractivity contribution in [1.82, 2.24) is 15.5 Å². The Hall–Kier alpha value is -1.75. The van der Waals surface area contributed by atoms with Gasteiger partial charge in [-0.1, -0.05) is 37.6 Å². The highest BCUT2D eigenvalue weighted by Gasteiger charge is 2.27. The Kier molecular flexibility index (Phi) is 6.91. The summed E-state index contributed by atoms with van der Waals surface area (Å²) in [5, 5.41) is 7.49. The number of likely N-dealkylation sites (tertiary alicyclic amines) is 1. The molecule has 1 unspecified atom stereocenters. The van der Waals surface area contributed by atoms with Crippen LogP contribution in [0.4, 0.5) is 0 Å². The maximum Gasteiger partial charge on any atom is 0.225 e. The van der Waals surface area contributed by atoms with E-state index in [1.807, 2.05) is 43.0 Å². The van der Waals surface area contributed by atoms with E-state index >= 15 is 0 Å². The quantitative estimate of drug-likeness (QED) is 0.633. The molecule has 0 saturated carbocycles. The molecule has 1 atom stereocenters. The molecule has 0 aliphatic carbocycles. The fraction of sp³-hybridized carbons (Fsp3) is 0.556. The molecule has 0 aromatic heterocycles. The van der Waals surface area contributed by atoms with Gasteiger partial charge in [-0.15, -0.1) is 0 Å². The topological polar surface area (TPSA) is 56.7 Å². The second kappa shape index (κ2) is 8.92. The molecule has 0 radical (unpaired) electrons. The minimum absolute atomic E-state index is 0.0561. The molecule has 2 rings (SSSR count). The summed E-state index contributed by atoms with van der Waals surface area (Å²) in [4.78, 5) is 18.2. The van der Waals surface area contributed by atoms with Gasteiger partial charge in [0.2, 0.25) is 5.91 Å². The normalized spacial score (nSPS) is 18.1. The molecule has 132 valence electrons. The van der Waals surface area contributed by atoms with Crippen LogP contribution in [-0.2, 0) is 11.2 Å². The highest BCUT2D eigenvalue weighted by atomic mass is 35.5. The van der Waals surface area contributed by atoms with Crippen LogP contribution in [0.2, 0.25) is 5.02 Å². The first-order chi connectivity index (χ1) is 11.5. The molecule has 6 heteroatoms. The van der Waals surface area contributed by atoms with Gasteiger partial charge in [-0.3, -0.25) is 9.79 Å². The van der Waals surface area contributed by atoms with Gasteiger partial charge >= 0.3 is 0 Å². The van der Waals surface area contributed by atoms with Crippen LogP contribution in [0.1, 0.15) is 25.8 Å². The molecule has 1 aliphatic heterocycles. The number of carbonyl (C=O) groups is 1. The lowest BCUT2D eigenvalue weighted by Gasteiger charge is -2.20. The highest BCUT2D eigenvalue weighted by molar-refractivity contribution is 6.30. The van der Waals surface area contributed by atoms with Gasteiger partial charge in [0.1, 0.15) is 0 Å². The zero-order chi connectivity index (χ0) is 17.5. The number of nitrogens with one attached hydrogen (secondary N) is 2. The van der Waals surface area contributed by atoms with Crippen LogP contribution in [-0.4, -0.2) is 49.5 Å². The van der Waals surface area contributed by atoms with Gasteiger partial charge in [0.15, 0.2) is 5.96 Å². The summed E-state index contributed by atoms with van der Waals surface area (Å²) in [5.74, 6) is 1.07. The molecule has 1 aromatic rings. The Morgan fingerprint density at radius 3 is 2.71 bits per heavy atom. The van der Waals surface area contributed by atoms with Crippen LogP contribution < -0.4 is 10.6 Å². The van der Waals surface area contributed by atoms with E-state index in [1.54, 1.807) is 7.05 Å². The van der Waals surface area contributed by atoms with Crippen molar-refractivity contribution in [3.63, 3.8) is 0 Å². The maximum absolute atomic E-state index is 12.0. The van der Waals surface area contributed by atoms with Gasteiger partial charge in [0, 0.05) is 43.7 Å². The minimum Gasteiger partial charge on any atom is -0.356 e. The number of halogens is 1. The van der Waals surface area contributed by atoms with Crippen molar-refractivity contribution < 1.29 is 4.79 Å². The number of guanidine groups is 1. The Labute approximate surface area is 149 Å². The fourth-order valence-electron chi connectivity index (χ4n) is 2.81. The van der Waals surface area contributed by atoms with Crippen molar-refractivity contribution in [2.75, 3.05) is 26.7 Å². The van der Waals surface area contributed by atoms with Gasteiger partial charge < -0.3 is 15.5 Å². The Morgan fingerprint density at radius 1 is 1.38 bits per heavy atom. The molecular formula is C18H27ClN4O. The third kappa shape index (κ3) is 5.41. The number of aliphatic imine (C=N–C) groups is 1. The molecule has 24 heavy (non-hydrogen) atoms. The van der Waals surface area contributed by atoms with Gasteiger partial charge in [-0.05, 0) is 30.5 Å². The van der Waals surface area contributed by atoms with Gasteiger partial charge in [0.05, 0.1) is 0 Å². The molecule has 1 amide bonds. The fourth-order valence-corrected chi connectivity index (χ4v) is 2.93. The van der Waals surface area contributed by atoms with Crippen LogP contribution in [0, 0.1) is 5.92 Å². The van der Waals surface area contributed by atoms with Crippen LogP contribution in [0.15, 0.2) is 29.3 Å². The van der Waals surface area contributed by atoms with Crippen molar-refractivity contribution in [2.24, 2.45) is 10.9 Å². The van der Waals surface area contributed by atoms with Crippen molar-refractivity contribution in [3.8, 4) is 0 Å². The summed E-state index contributed by atoms with van der Waals surface area (Å²) in [6.07, 6.45) is 1.86. The summed E-state index contributed by atoms with van der Waals surface area (Å²) in [6, 6.07) is 8.14. The third-order valence-corrected chi connectivity index (χ3v) is 4.43. The molecule has 5 nitrogen and oxygen atoms in total. The predicted molar refractivity (Wildman–Crippen MR) is 99.5 cm³/mol. The molecule has 2 N–H and O–H groups in total. The smallest absolute Gasteiger partial charge is 0.225 e. The maximum atomic E-state index is 12.0. The number of amides is 1. The summed E-state index contributed by atoms with van der Waals surface area (Å²) >= 11 is 5.89. The monoisotopic (exact) mass is 350 g/mol. The SMILES string of the molecule is CN=C(NCCc1ccc(Cl)cc1)NC1CCN(C(=O)C(C)C)C1. The summed E-state index contributed by atoms with van der Waals surface area (Å²) in [6.45, 7) is 6.24. The Balaban J connectivity index is 1.75. The number of hydrogen-bond donors (Lipinski definition) is 2. The van der Waals surface area contributed by atoms with Crippen LogP contribution in [0.3, 0.4) is 0 Å². The zero-order valence-electron chi connectivity index (χ0n) is 14.7. The molecule has 1 fully saturated rings. The number of nitrogens with zero attached hydrogens (tertiary/aromatic N) is 2. The minimum atomic E-state index is 0.0561. The average Bonchev–Trinajstić information content (AvgIpc) is 3.03. The average molecular weight is 351 g/mol. The first-order valence-corrected chi connectivity index (χ1v) is 8.87. The van der Waals surface area contributed by atoms with Crippen LogP contribution >= 0.6 is 11.6 Å². The summed E-state index contributed by atoms with van der Waals surface area (Å²) in [5.41, 5.74) is 1.23. The van der Waals surface area contributed by atoms with Crippen molar-refractivity contribution >= 4 is 23.5 Å². The van der Waals surface area contributed by atoms with E-state index in [0.717, 1.165) is 43.5 Å². The second-order valence-corrected chi connectivity index (χ2v) is 6.88. The number of benzene rings is 1. The number of rotatable bonds is 5. The van der Waals surface area contributed by atoms with E-state index < -0.39 is 0 Å². The van der Waals surface area contributed by atoms with E-state index in [9.17, 15) is 4.79 Å². The Bertz CT molecular complexity index is 571. The van der Waals surface area contributed by atoms with E-state index in [-0.39, 0.29) is 17.9 Å². The summed E-state index contributed by atoms with van der Waals surface area (Å²) < 4.78 is 0. The molecule has 1 aromatic carbocycles. The van der Waals surface area contributed by atoms with E-state index in [4.69, 9.17) is 11.6 Å². The third-order valence-electron chi connectivity index (χ3n) is 4.18. The second-order valence-electron chi connectivity index (χ2n) is 6.44. The van der Waals surface area contributed by atoms with E-state index in [2.05, 4.69) is 15.6 Å². The number of hydrogen-bond acceptors (Lipinski definition) is 2. The highest BCUT2D eigenvalue weighted by Crippen LogP contribution is 2.13. The predicted octanol–water partition coefficient (Wildman–Crippen LogP) is 2.30. The van der Waals surface area contributed by atoms with Crippen molar-refractivity contribution in [2.45, 2.75) is 32.7 Å². The molecule has 1 heterocycles. The zero-order valence-corrected chi connectivity index (χ0v) is 15.4.